The lowest BCUT2D eigenvalue weighted by Crippen LogP contribution is -2.26. The van der Waals surface area contributed by atoms with Crippen LogP contribution in [0.15, 0.2) is 39.6 Å². The van der Waals surface area contributed by atoms with E-state index in [0.717, 1.165) is 11.1 Å². The van der Waals surface area contributed by atoms with E-state index in [4.69, 9.17) is 9.15 Å². The predicted molar refractivity (Wildman–Crippen MR) is 105 cm³/mol. The predicted octanol–water partition coefficient (Wildman–Crippen LogP) is 3.06. The molecule has 7 nitrogen and oxygen atoms in total. The number of fused-ring (bicyclic) bond motifs is 1. The van der Waals surface area contributed by atoms with Crippen LogP contribution in [0.4, 0.5) is 0 Å². The standard InChI is InChI=1S/C20H22N2O5S/c1-12-5-6-18-17(9-12)22-19(27-18)7-8-21-28(24,25)15-10-13(2)14(3)16(11-15)20(23)26-4/h5-6,9-11,21H,7-8H2,1-4H3. The fraction of sp³-hybridized carbons (Fsp3) is 0.300. The summed E-state index contributed by atoms with van der Waals surface area (Å²) >= 11 is 0. The number of carbonyl (C=O) groups is 1. The molecule has 3 aromatic rings. The van der Waals surface area contributed by atoms with Crippen molar-refractivity contribution in [2.24, 2.45) is 0 Å². The molecule has 0 aliphatic heterocycles. The number of esters is 1. The van der Waals surface area contributed by atoms with E-state index in [1.807, 2.05) is 25.1 Å². The van der Waals surface area contributed by atoms with Crippen LogP contribution in [-0.2, 0) is 21.2 Å². The van der Waals surface area contributed by atoms with E-state index in [0.29, 0.717) is 29.0 Å². The molecular formula is C20H22N2O5S. The highest BCUT2D eigenvalue weighted by Gasteiger charge is 2.20. The number of methoxy groups -OCH3 is 1. The van der Waals surface area contributed by atoms with Gasteiger partial charge in [0.15, 0.2) is 11.5 Å². The summed E-state index contributed by atoms with van der Waals surface area (Å²) in [4.78, 5) is 16.3. The van der Waals surface area contributed by atoms with Crippen LogP contribution in [-0.4, -0.2) is 33.0 Å². The Morgan fingerprint density at radius 2 is 1.93 bits per heavy atom. The first kappa shape index (κ1) is 20.0. The quantitative estimate of drug-likeness (QED) is 0.636. The number of aryl methyl sites for hydroxylation is 2. The van der Waals surface area contributed by atoms with Crippen LogP contribution in [0.3, 0.4) is 0 Å². The summed E-state index contributed by atoms with van der Waals surface area (Å²) in [6.45, 7) is 5.59. The third-order valence-electron chi connectivity index (χ3n) is 4.57. The van der Waals surface area contributed by atoms with E-state index < -0.39 is 16.0 Å². The van der Waals surface area contributed by atoms with Crippen LogP contribution in [0.5, 0.6) is 0 Å². The molecular weight excluding hydrogens is 380 g/mol. The molecule has 0 fully saturated rings. The first-order chi connectivity index (χ1) is 13.2. The lowest BCUT2D eigenvalue weighted by atomic mass is 10.0. The molecule has 2 aromatic carbocycles. The van der Waals surface area contributed by atoms with Crippen molar-refractivity contribution >= 4 is 27.1 Å². The Labute approximate surface area is 163 Å². The molecule has 1 heterocycles. The van der Waals surface area contributed by atoms with Gasteiger partial charge in [-0.05, 0) is 61.7 Å². The van der Waals surface area contributed by atoms with Crippen LogP contribution in [0, 0.1) is 20.8 Å². The van der Waals surface area contributed by atoms with Gasteiger partial charge in [0.1, 0.15) is 5.52 Å². The summed E-state index contributed by atoms with van der Waals surface area (Å²) in [7, 11) is -2.54. The molecule has 1 N–H and O–H groups in total. The van der Waals surface area contributed by atoms with Gasteiger partial charge in [-0.1, -0.05) is 6.07 Å². The lowest BCUT2D eigenvalue weighted by Gasteiger charge is -2.12. The number of nitrogens with zero attached hydrogens (tertiary/aromatic N) is 1. The van der Waals surface area contributed by atoms with Gasteiger partial charge in [0.2, 0.25) is 10.0 Å². The van der Waals surface area contributed by atoms with Crippen molar-refractivity contribution in [3.63, 3.8) is 0 Å². The highest BCUT2D eigenvalue weighted by atomic mass is 32.2. The largest absolute Gasteiger partial charge is 0.465 e. The molecule has 0 unspecified atom stereocenters. The van der Waals surface area contributed by atoms with Gasteiger partial charge in [0, 0.05) is 13.0 Å². The Kier molecular flexibility index (Phi) is 5.53. The van der Waals surface area contributed by atoms with Gasteiger partial charge in [0.25, 0.3) is 0 Å². The molecule has 3 rings (SSSR count). The number of sulfonamides is 1. The second-order valence-corrected chi connectivity index (χ2v) is 8.40. The average Bonchev–Trinajstić information content (AvgIpc) is 3.04. The third-order valence-corrected chi connectivity index (χ3v) is 6.02. The number of ether oxygens (including phenoxy) is 1. The summed E-state index contributed by atoms with van der Waals surface area (Å²) in [5, 5.41) is 0. The zero-order valence-electron chi connectivity index (χ0n) is 16.2. The minimum absolute atomic E-state index is 0.0178. The van der Waals surface area contributed by atoms with Crippen molar-refractivity contribution in [2.75, 3.05) is 13.7 Å². The molecule has 0 aliphatic rings. The number of hydrogen-bond donors (Lipinski definition) is 1. The minimum Gasteiger partial charge on any atom is -0.465 e. The summed E-state index contributed by atoms with van der Waals surface area (Å²) in [6.07, 6.45) is 0.307. The number of nitrogens with one attached hydrogen (secondary N) is 1. The van der Waals surface area contributed by atoms with Crippen LogP contribution < -0.4 is 4.72 Å². The maximum Gasteiger partial charge on any atom is 0.338 e. The molecule has 28 heavy (non-hydrogen) atoms. The van der Waals surface area contributed by atoms with Gasteiger partial charge in [0.05, 0.1) is 17.6 Å². The average molecular weight is 402 g/mol. The van der Waals surface area contributed by atoms with Gasteiger partial charge in [-0.15, -0.1) is 0 Å². The van der Waals surface area contributed by atoms with Crippen LogP contribution in [0.25, 0.3) is 11.1 Å². The number of aromatic nitrogens is 1. The van der Waals surface area contributed by atoms with Gasteiger partial charge >= 0.3 is 5.97 Å². The second kappa shape index (κ2) is 7.73. The van der Waals surface area contributed by atoms with Crippen LogP contribution >= 0.6 is 0 Å². The highest BCUT2D eigenvalue weighted by Crippen LogP contribution is 2.21. The monoisotopic (exact) mass is 402 g/mol. The number of carbonyl (C=O) groups excluding carboxylic acids is 1. The molecule has 0 bridgehead atoms. The van der Waals surface area contributed by atoms with Crippen molar-refractivity contribution in [1.82, 2.24) is 9.71 Å². The Morgan fingerprint density at radius 1 is 1.18 bits per heavy atom. The van der Waals surface area contributed by atoms with Crippen molar-refractivity contribution in [3.8, 4) is 0 Å². The lowest BCUT2D eigenvalue weighted by molar-refractivity contribution is 0.0599. The first-order valence-electron chi connectivity index (χ1n) is 8.76. The number of oxazole rings is 1. The Balaban J connectivity index is 1.76. The fourth-order valence-corrected chi connectivity index (χ4v) is 4.01. The van der Waals surface area contributed by atoms with E-state index >= 15 is 0 Å². The van der Waals surface area contributed by atoms with Crippen molar-refractivity contribution < 1.29 is 22.4 Å². The van der Waals surface area contributed by atoms with E-state index in [2.05, 4.69) is 9.71 Å². The summed E-state index contributed by atoms with van der Waals surface area (Å²) in [5.41, 5.74) is 4.10. The molecule has 0 saturated heterocycles. The molecule has 1 aromatic heterocycles. The molecule has 8 heteroatoms. The smallest absolute Gasteiger partial charge is 0.338 e. The molecule has 0 spiro atoms. The molecule has 0 saturated carbocycles. The second-order valence-electron chi connectivity index (χ2n) is 6.63. The highest BCUT2D eigenvalue weighted by molar-refractivity contribution is 7.89. The normalized spacial score (nSPS) is 11.7. The molecule has 0 amide bonds. The molecule has 0 atom stereocenters. The summed E-state index contributed by atoms with van der Waals surface area (Å²) < 4.78 is 38.2. The number of benzene rings is 2. The van der Waals surface area contributed by atoms with Gasteiger partial charge in [-0.2, -0.15) is 0 Å². The van der Waals surface area contributed by atoms with Crippen molar-refractivity contribution in [3.05, 3.63) is 58.5 Å². The Bertz CT molecular complexity index is 1150. The number of rotatable bonds is 6. The zero-order chi connectivity index (χ0) is 20.5. The van der Waals surface area contributed by atoms with Gasteiger partial charge < -0.3 is 9.15 Å². The van der Waals surface area contributed by atoms with Crippen molar-refractivity contribution in [1.29, 1.82) is 0 Å². The van der Waals surface area contributed by atoms with Crippen LogP contribution in [0.1, 0.15) is 32.9 Å². The Hall–Kier alpha value is -2.71. The third kappa shape index (κ3) is 4.07. The van der Waals surface area contributed by atoms with E-state index in [1.54, 1.807) is 13.8 Å². The molecule has 0 radical (unpaired) electrons. The summed E-state index contributed by atoms with van der Waals surface area (Å²) in [6, 6.07) is 8.55. The SMILES string of the molecule is COC(=O)c1cc(S(=O)(=O)NCCc2nc3cc(C)ccc3o2)cc(C)c1C. The zero-order valence-corrected chi connectivity index (χ0v) is 17.0. The van der Waals surface area contributed by atoms with Gasteiger partial charge in [-0.3, -0.25) is 0 Å². The molecule has 0 aliphatic carbocycles. The Morgan fingerprint density at radius 3 is 2.64 bits per heavy atom. The minimum atomic E-state index is -3.80. The van der Waals surface area contributed by atoms with E-state index in [1.165, 1.54) is 19.2 Å². The molecule has 148 valence electrons. The first-order valence-corrected chi connectivity index (χ1v) is 10.2. The van der Waals surface area contributed by atoms with Crippen LogP contribution in [0.2, 0.25) is 0 Å². The maximum absolute atomic E-state index is 12.7. The van der Waals surface area contributed by atoms with E-state index in [9.17, 15) is 13.2 Å². The van der Waals surface area contributed by atoms with E-state index in [-0.39, 0.29) is 17.0 Å². The summed E-state index contributed by atoms with van der Waals surface area (Å²) in [5.74, 6) is -0.113. The topological polar surface area (TPSA) is 98.5 Å². The van der Waals surface area contributed by atoms with Gasteiger partial charge in [-0.25, -0.2) is 22.9 Å². The maximum atomic E-state index is 12.7. The van der Waals surface area contributed by atoms with Crippen molar-refractivity contribution in [2.45, 2.75) is 32.1 Å². The fourth-order valence-electron chi connectivity index (χ4n) is 2.87. The number of hydrogen-bond acceptors (Lipinski definition) is 6.